The Morgan fingerprint density at radius 1 is 0.319 bits per heavy atom. The molecular weight excluding hydrogens is 853 g/mol. The molecule has 6 nitrogen and oxygen atoms in total. The zero-order valence-electron chi connectivity index (χ0n) is 45.6. The number of rotatable bonds is 53. The highest BCUT2D eigenvalue weighted by Crippen LogP contribution is 2.16. The van der Waals surface area contributed by atoms with Gasteiger partial charge in [0.1, 0.15) is 13.2 Å². The van der Waals surface area contributed by atoms with E-state index in [9.17, 15) is 14.4 Å². The van der Waals surface area contributed by atoms with E-state index in [-0.39, 0.29) is 31.6 Å². The standard InChI is InChI=1S/C63H110O6/c1-4-7-10-13-16-19-22-25-28-29-30-31-32-33-36-38-41-44-47-50-53-56-62(65)68-59-60(69-63(66)57-54-51-48-45-42-39-35-27-24-21-18-15-12-9-6-3)58-67-61(64)55-52-49-46-43-40-37-34-26-23-20-17-14-11-8-5-2/h9,12,18,21,26-27,34-35,42,45,51,54,60H,4-8,10-11,13-17,19-20,22-25,28-33,36-41,43-44,46-50,52-53,55-59H2,1-3H3/b12-9-,21-18-,34-26-,35-27-,45-42-,54-51-. The zero-order valence-corrected chi connectivity index (χ0v) is 45.6. The molecule has 0 rings (SSSR count). The number of carbonyl (C=O) groups is 3. The molecule has 0 aliphatic carbocycles. The number of hydrogen-bond donors (Lipinski definition) is 0. The van der Waals surface area contributed by atoms with Crippen LogP contribution in [0, 0.1) is 0 Å². The summed E-state index contributed by atoms with van der Waals surface area (Å²) >= 11 is 0. The van der Waals surface area contributed by atoms with Gasteiger partial charge in [-0.3, -0.25) is 14.4 Å². The van der Waals surface area contributed by atoms with Crippen molar-refractivity contribution in [2.24, 2.45) is 0 Å². The van der Waals surface area contributed by atoms with Crippen LogP contribution in [0.5, 0.6) is 0 Å². The maximum Gasteiger partial charge on any atom is 0.310 e. The predicted octanol–water partition coefficient (Wildman–Crippen LogP) is 19.8. The molecule has 0 bridgehead atoms. The summed E-state index contributed by atoms with van der Waals surface area (Å²) in [4.78, 5) is 38.1. The van der Waals surface area contributed by atoms with Gasteiger partial charge >= 0.3 is 17.9 Å². The van der Waals surface area contributed by atoms with E-state index >= 15 is 0 Å². The molecule has 0 N–H and O–H groups in total. The zero-order chi connectivity index (χ0) is 50.0. The molecule has 0 saturated carbocycles. The number of carbonyl (C=O) groups excluding carboxylic acids is 3. The van der Waals surface area contributed by atoms with Crippen LogP contribution in [0.1, 0.15) is 290 Å². The maximum absolute atomic E-state index is 12.8. The van der Waals surface area contributed by atoms with Gasteiger partial charge in [-0.25, -0.2) is 0 Å². The number of unbranched alkanes of at least 4 members (excludes halogenated alkanes) is 31. The Kier molecular flexibility index (Phi) is 54.8. The quantitative estimate of drug-likeness (QED) is 0.0262. The van der Waals surface area contributed by atoms with Gasteiger partial charge in [0.2, 0.25) is 0 Å². The Hall–Kier alpha value is -3.15. The first kappa shape index (κ1) is 65.8. The SMILES string of the molecule is CC/C=C\C/C=C\C/C=C\C/C=C\C/C=C\CC(=O)OC(COC(=O)CCCCCCC/C=C\CCCCCCCC)COC(=O)CCCCCCCCCCCCCCCCCCCCCCC. The third-order valence-corrected chi connectivity index (χ3v) is 12.7. The van der Waals surface area contributed by atoms with Gasteiger partial charge in [-0.15, -0.1) is 0 Å². The lowest BCUT2D eigenvalue weighted by Gasteiger charge is -2.18. The maximum atomic E-state index is 12.8. The number of hydrogen-bond acceptors (Lipinski definition) is 6. The Bertz CT molecular complexity index is 1290. The first-order chi connectivity index (χ1) is 34.0. The van der Waals surface area contributed by atoms with E-state index in [4.69, 9.17) is 14.2 Å². The highest BCUT2D eigenvalue weighted by atomic mass is 16.6. The largest absolute Gasteiger partial charge is 0.462 e. The van der Waals surface area contributed by atoms with Crippen LogP contribution in [0.4, 0.5) is 0 Å². The molecule has 1 unspecified atom stereocenters. The summed E-state index contributed by atoms with van der Waals surface area (Å²) in [6, 6.07) is 0. The number of ether oxygens (including phenoxy) is 3. The van der Waals surface area contributed by atoms with Crippen molar-refractivity contribution in [3.63, 3.8) is 0 Å². The van der Waals surface area contributed by atoms with Crippen molar-refractivity contribution >= 4 is 17.9 Å². The normalized spacial score (nSPS) is 12.6. The minimum absolute atomic E-state index is 0.0975. The predicted molar refractivity (Wildman–Crippen MR) is 298 cm³/mol. The Morgan fingerprint density at radius 3 is 0.942 bits per heavy atom. The molecule has 0 aliphatic rings. The van der Waals surface area contributed by atoms with Gasteiger partial charge < -0.3 is 14.2 Å². The van der Waals surface area contributed by atoms with Crippen LogP contribution < -0.4 is 0 Å². The van der Waals surface area contributed by atoms with Crippen LogP contribution in [0.25, 0.3) is 0 Å². The minimum Gasteiger partial charge on any atom is -0.462 e. The van der Waals surface area contributed by atoms with Crippen LogP contribution in [-0.4, -0.2) is 37.2 Å². The molecule has 0 saturated heterocycles. The fourth-order valence-corrected chi connectivity index (χ4v) is 8.34. The third-order valence-electron chi connectivity index (χ3n) is 12.7. The molecule has 0 aromatic rings. The summed E-state index contributed by atoms with van der Waals surface area (Å²) in [5.41, 5.74) is 0. The average Bonchev–Trinajstić information content (AvgIpc) is 3.35. The minimum atomic E-state index is -0.832. The van der Waals surface area contributed by atoms with Gasteiger partial charge in [-0.05, 0) is 70.6 Å². The number of esters is 3. The second-order valence-corrected chi connectivity index (χ2v) is 19.5. The smallest absolute Gasteiger partial charge is 0.310 e. The van der Waals surface area contributed by atoms with E-state index in [0.717, 1.165) is 83.5 Å². The topological polar surface area (TPSA) is 78.9 Å². The summed E-state index contributed by atoms with van der Waals surface area (Å²) in [6.45, 7) is 6.46. The molecule has 1 atom stereocenters. The molecule has 0 amide bonds. The second kappa shape index (κ2) is 57.4. The molecule has 0 aromatic carbocycles. The average molecular weight is 964 g/mol. The molecule has 0 spiro atoms. The lowest BCUT2D eigenvalue weighted by molar-refractivity contribution is -0.166. The Balaban J connectivity index is 4.41. The third kappa shape index (κ3) is 55.6. The summed E-state index contributed by atoms with van der Waals surface area (Å²) in [6.07, 6.45) is 73.6. The molecule has 0 aromatic heterocycles. The molecule has 0 aliphatic heterocycles. The lowest BCUT2D eigenvalue weighted by atomic mass is 10.0. The summed E-state index contributed by atoms with van der Waals surface area (Å²) < 4.78 is 16.8. The van der Waals surface area contributed by atoms with Crippen molar-refractivity contribution in [1.29, 1.82) is 0 Å². The molecule has 6 heteroatoms. The first-order valence-electron chi connectivity index (χ1n) is 29.4. The number of allylic oxidation sites excluding steroid dienone is 11. The molecular formula is C63H110O6. The highest BCUT2D eigenvalue weighted by Gasteiger charge is 2.19. The van der Waals surface area contributed by atoms with E-state index < -0.39 is 12.1 Å². The van der Waals surface area contributed by atoms with Gasteiger partial charge in [0, 0.05) is 12.8 Å². The van der Waals surface area contributed by atoms with Gasteiger partial charge in [-0.1, -0.05) is 273 Å². The van der Waals surface area contributed by atoms with Crippen LogP contribution in [-0.2, 0) is 28.6 Å². The van der Waals surface area contributed by atoms with E-state index in [1.54, 1.807) is 6.08 Å². The molecule has 0 fully saturated rings. The Labute approximate surface area is 427 Å². The van der Waals surface area contributed by atoms with E-state index in [1.807, 2.05) is 6.08 Å². The molecule has 0 radical (unpaired) electrons. The van der Waals surface area contributed by atoms with Crippen molar-refractivity contribution in [2.45, 2.75) is 297 Å². The van der Waals surface area contributed by atoms with Crippen LogP contribution in [0.2, 0.25) is 0 Å². The van der Waals surface area contributed by atoms with E-state index in [0.29, 0.717) is 12.8 Å². The van der Waals surface area contributed by atoms with Gasteiger partial charge in [0.15, 0.2) is 6.10 Å². The van der Waals surface area contributed by atoms with Crippen molar-refractivity contribution < 1.29 is 28.6 Å². The van der Waals surface area contributed by atoms with Gasteiger partial charge in [0.05, 0.1) is 6.42 Å². The monoisotopic (exact) mass is 963 g/mol. The van der Waals surface area contributed by atoms with E-state index in [2.05, 4.69) is 81.5 Å². The lowest BCUT2D eigenvalue weighted by Crippen LogP contribution is -2.30. The summed E-state index contributed by atoms with van der Waals surface area (Å²) in [7, 11) is 0. The van der Waals surface area contributed by atoms with Crippen LogP contribution in [0.3, 0.4) is 0 Å². The van der Waals surface area contributed by atoms with Crippen molar-refractivity contribution in [3.05, 3.63) is 72.9 Å². The van der Waals surface area contributed by atoms with Crippen molar-refractivity contribution in [1.82, 2.24) is 0 Å². The van der Waals surface area contributed by atoms with Crippen LogP contribution >= 0.6 is 0 Å². The summed E-state index contributed by atoms with van der Waals surface area (Å²) in [5.74, 6) is -1.04. The molecule has 398 valence electrons. The molecule has 0 heterocycles. The fraction of sp³-hybridized carbons (Fsp3) is 0.762. The van der Waals surface area contributed by atoms with Gasteiger partial charge in [-0.2, -0.15) is 0 Å². The first-order valence-corrected chi connectivity index (χ1v) is 29.4. The van der Waals surface area contributed by atoms with Crippen molar-refractivity contribution in [2.75, 3.05) is 13.2 Å². The van der Waals surface area contributed by atoms with Crippen molar-refractivity contribution in [3.8, 4) is 0 Å². The van der Waals surface area contributed by atoms with Gasteiger partial charge in [0.25, 0.3) is 0 Å². The summed E-state index contributed by atoms with van der Waals surface area (Å²) in [5, 5.41) is 0. The van der Waals surface area contributed by atoms with Crippen LogP contribution in [0.15, 0.2) is 72.9 Å². The Morgan fingerprint density at radius 2 is 0.609 bits per heavy atom. The van der Waals surface area contributed by atoms with E-state index in [1.165, 1.54) is 167 Å². The highest BCUT2D eigenvalue weighted by molar-refractivity contribution is 5.72. The molecule has 69 heavy (non-hydrogen) atoms. The fourth-order valence-electron chi connectivity index (χ4n) is 8.34. The second-order valence-electron chi connectivity index (χ2n) is 19.5.